The van der Waals surface area contributed by atoms with Gasteiger partial charge in [-0.3, -0.25) is 4.90 Å². The first-order valence-electron chi connectivity index (χ1n) is 9.57. The summed E-state index contributed by atoms with van der Waals surface area (Å²) >= 11 is 0. The maximum absolute atomic E-state index is 12.8. The Morgan fingerprint density at radius 2 is 1.88 bits per heavy atom. The van der Waals surface area contributed by atoms with Crippen LogP contribution in [0.2, 0.25) is 0 Å². The average Bonchev–Trinajstić information content (AvgIpc) is 2.97. The quantitative estimate of drug-likeness (QED) is 0.875. The van der Waals surface area contributed by atoms with Crippen LogP contribution in [0.1, 0.15) is 19.3 Å². The van der Waals surface area contributed by atoms with Crippen LogP contribution in [0.5, 0.6) is 11.5 Å². The van der Waals surface area contributed by atoms with E-state index in [1.54, 1.807) is 0 Å². The van der Waals surface area contributed by atoms with Crippen LogP contribution in [0.25, 0.3) is 0 Å². The van der Waals surface area contributed by atoms with E-state index in [0.29, 0.717) is 11.8 Å². The first kappa shape index (κ1) is 17.4. The van der Waals surface area contributed by atoms with Gasteiger partial charge in [0.1, 0.15) is 0 Å². The van der Waals surface area contributed by atoms with E-state index >= 15 is 0 Å². The zero-order valence-electron chi connectivity index (χ0n) is 15.4. The van der Waals surface area contributed by atoms with Crippen molar-refractivity contribution in [2.45, 2.75) is 25.3 Å². The van der Waals surface area contributed by atoms with Crippen molar-refractivity contribution in [2.24, 2.45) is 0 Å². The number of hydrogen-bond donors (Lipinski definition) is 1. The fraction of sp³-hybridized carbons (Fsp3) is 0.632. The Hall–Kier alpha value is -1.99. The average molecular weight is 360 g/mol. The highest BCUT2D eigenvalue weighted by Gasteiger charge is 2.28. The Kier molecular flexibility index (Phi) is 5.17. The molecule has 3 aliphatic rings. The molecule has 7 heteroatoms. The number of benzene rings is 1. The Morgan fingerprint density at radius 1 is 1.08 bits per heavy atom. The predicted molar refractivity (Wildman–Crippen MR) is 99.9 cm³/mol. The van der Waals surface area contributed by atoms with Crippen LogP contribution in [0.4, 0.5) is 10.5 Å². The number of ether oxygens (including phenoxy) is 2. The number of likely N-dealkylation sites (tertiary alicyclic amines) is 1. The van der Waals surface area contributed by atoms with Gasteiger partial charge in [-0.1, -0.05) is 6.42 Å². The molecule has 1 N–H and O–H groups in total. The van der Waals surface area contributed by atoms with Gasteiger partial charge in [-0.05, 0) is 32.0 Å². The van der Waals surface area contributed by atoms with Gasteiger partial charge in [-0.15, -0.1) is 0 Å². The number of piperazine rings is 1. The number of anilines is 1. The maximum atomic E-state index is 12.8. The minimum absolute atomic E-state index is 0.0232. The third-order valence-electron chi connectivity index (χ3n) is 5.61. The zero-order chi connectivity index (χ0) is 17.9. The molecular formula is C19H28N4O3. The number of nitrogens with one attached hydrogen (secondary N) is 1. The highest BCUT2D eigenvalue weighted by atomic mass is 16.7. The van der Waals surface area contributed by atoms with E-state index in [9.17, 15) is 4.79 Å². The second-order valence-electron chi connectivity index (χ2n) is 7.43. The van der Waals surface area contributed by atoms with Crippen molar-refractivity contribution in [3.8, 4) is 11.5 Å². The van der Waals surface area contributed by atoms with E-state index in [4.69, 9.17) is 9.47 Å². The van der Waals surface area contributed by atoms with E-state index in [1.807, 2.05) is 23.1 Å². The molecule has 1 aromatic rings. The van der Waals surface area contributed by atoms with Gasteiger partial charge in [0.25, 0.3) is 0 Å². The molecule has 1 atom stereocenters. The lowest BCUT2D eigenvalue weighted by Crippen LogP contribution is -2.52. The molecule has 4 rings (SSSR count). The number of likely N-dealkylation sites (N-methyl/N-ethyl adjacent to an activating group) is 1. The number of rotatable bonds is 2. The second-order valence-corrected chi connectivity index (χ2v) is 7.43. The van der Waals surface area contributed by atoms with Crippen molar-refractivity contribution in [1.82, 2.24) is 14.7 Å². The second kappa shape index (κ2) is 7.72. The molecule has 0 spiro atoms. The Morgan fingerprint density at radius 3 is 2.73 bits per heavy atom. The van der Waals surface area contributed by atoms with Crippen LogP contribution < -0.4 is 14.8 Å². The number of urea groups is 1. The molecular weight excluding hydrogens is 332 g/mol. The topological polar surface area (TPSA) is 57.3 Å². The molecule has 7 nitrogen and oxygen atoms in total. The van der Waals surface area contributed by atoms with Gasteiger partial charge in [-0.25, -0.2) is 4.79 Å². The standard InChI is InChI=1S/C19H28N4O3/c1-21-8-10-22(11-9-21)16-4-2-3-7-23(13-16)19(24)20-15-5-6-17-18(12-15)26-14-25-17/h5-6,12,16H,2-4,7-11,13-14H2,1H3,(H,20,24). The number of amides is 2. The van der Waals surface area contributed by atoms with E-state index in [1.165, 1.54) is 12.8 Å². The van der Waals surface area contributed by atoms with E-state index in [2.05, 4.69) is 22.2 Å². The molecule has 2 amide bonds. The normalized spacial score (nSPS) is 24.3. The number of carbonyl (C=O) groups excluding carboxylic acids is 1. The van der Waals surface area contributed by atoms with Gasteiger partial charge in [0.15, 0.2) is 11.5 Å². The molecule has 0 aliphatic carbocycles. The zero-order valence-corrected chi connectivity index (χ0v) is 15.4. The first-order chi connectivity index (χ1) is 12.7. The molecule has 3 aliphatic heterocycles. The first-order valence-corrected chi connectivity index (χ1v) is 9.57. The Bertz CT molecular complexity index is 646. The van der Waals surface area contributed by atoms with Gasteiger partial charge in [0, 0.05) is 57.1 Å². The van der Waals surface area contributed by atoms with Crippen molar-refractivity contribution >= 4 is 11.7 Å². The van der Waals surface area contributed by atoms with Crippen molar-refractivity contribution in [2.75, 3.05) is 58.4 Å². The molecule has 26 heavy (non-hydrogen) atoms. The molecule has 2 saturated heterocycles. The van der Waals surface area contributed by atoms with Crippen LogP contribution in [-0.2, 0) is 0 Å². The van der Waals surface area contributed by atoms with E-state index in [0.717, 1.165) is 57.1 Å². The van der Waals surface area contributed by atoms with Gasteiger partial charge < -0.3 is 24.6 Å². The van der Waals surface area contributed by atoms with Crippen LogP contribution in [0.3, 0.4) is 0 Å². The van der Waals surface area contributed by atoms with Crippen molar-refractivity contribution in [1.29, 1.82) is 0 Å². The lowest BCUT2D eigenvalue weighted by molar-refractivity contribution is 0.0948. The smallest absolute Gasteiger partial charge is 0.321 e. The summed E-state index contributed by atoms with van der Waals surface area (Å²) in [5.74, 6) is 1.42. The minimum Gasteiger partial charge on any atom is -0.454 e. The number of hydrogen-bond acceptors (Lipinski definition) is 5. The molecule has 0 radical (unpaired) electrons. The lowest BCUT2D eigenvalue weighted by atomic mass is 10.1. The van der Waals surface area contributed by atoms with Crippen LogP contribution in [0, 0.1) is 0 Å². The Labute approximate surface area is 154 Å². The minimum atomic E-state index is -0.0232. The van der Waals surface area contributed by atoms with E-state index in [-0.39, 0.29) is 12.8 Å². The summed E-state index contributed by atoms with van der Waals surface area (Å²) in [6, 6.07) is 5.98. The van der Waals surface area contributed by atoms with Crippen LogP contribution >= 0.6 is 0 Å². The van der Waals surface area contributed by atoms with Gasteiger partial charge in [0.05, 0.1) is 0 Å². The van der Waals surface area contributed by atoms with Crippen LogP contribution in [-0.4, -0.2) is 79.9 Å². The monoisotopic (exact) mass is 360 g/mol. The SMILES string of the molecule is CN1CCN(C2CCCCN(C(=O)Nc3ccc4c(c3)OCO4)C2)CC1. The largest absolute Gasteiger partial charge is 0.454 e. The number of nitrogens with zero attached hydrogens (tertiary/aromatic N) is 3. The fourth-order valence-corrected chi connectivity index (χ4v) is 3.97. The number of fused-ring (bicyclic) bond motifs is 1. The highest BCUT2D eigenvalue weighted by Crippen LogP contribution is 2.34. The molecule has 0 aromatic heterocycles. The van der Waals surface area contributed by atoms with Gasteiger partial charge in [-0.2, -0.15) is 0 Å². The highest BCUT2D eigenvalue weighted by molar-refractivity contribution is 5.89. The summed E-state index contributed by atoms with van der Waals surface area (Å²) in [5, 5.41) is 3.02. The molecule has 142 valence electrons. The summed E-state index contributed by atoms with van der Waals surface area (Å²) < 4.78 is 10.7. The lowest BCUT2D eigenvalue weighted by Gasteiger charge is -2.39. The third-order valence-corrected chi connectivity index (χ3v) is 5.61. The summed E-state index contributed by atoms with van der Waals surface area (Å²) in [7, 11) is 2.18. The van der Waals surface area contributed by atoms with Gasteiger partial charge in [0.2, 0.25) is 6.79 Å². The summed E-state index contributed by atoms with van der Waals surface area (Å²) in [6.45, 7) is 6.28. The molecule has 1 aromatic carbocycles. The Balaban J connectivity index is 1.38. The maximum Gasteiger partial charge on any atom is 0.321 e. The molecule has 3 heterocycles. The molecule has 0 bridgehead atoms. The summed E-state index contributed by atoms with van der Waals surface area (Å²) in [5.41, 5.74) is 0.750. The van der Waals surface area contributed by atoms with Crippen molar-refractivity contribution < 1.29 is 14.3 Å². The van der Waals surface area contributed by atoms with Crippen molar-refractivity contribution in [3.05, 3.63) is 18.2 Å². The summed E-state index contributed by atoms with van der Waals surface area (Å²) in [4.78, 5) is 19.7. The summed E-state index contributed by atoms with van der Waals surface area (Å²) in [6.07, 6.45) is 3.43. The molecule has 2 fully saturated rings. The van der Waals surface area contributed by atoms with Crippen LogP contribution in [0.15, 0.2) is 18.2 Å². The predicted octanol–water partition coefficient (Wildman–Crippen LogP) is 2.05. The molecule has 1 unspecified atom stereocenters. The van der Waals surface area contributed by atoms with E-state index < -0.39 is 0 Å². The fourth-order valence-electron chi connectivity index (χ4n) is 3.97. The van der Waals surface area contributed by atoms with Gasteiger partial charge >= 0.3 is 6.03 Å². The third kappa shape index (κ3) is 3.88. The van der Waals surface area contributed by atoms with Crippen molar-refractivity contribution in [3.63, 3.8) is 0 Å². The number of carbonyl (C=O) groups is 1. The molecule has 0 saturated carbocycles.